The molecule has 2 aromatic rings. The number of rotatable bonds is 11. The van der Waals surface area contributed by atoms with E-state index in [2.05, 4.69) is 5.43 Å². The van der Waals surface area contributed by atoms with Gasteiger partial charge >= 0.3 is 17.9 Å². The number of hydrogen-bond acceptors (Lipinski definition) is 8. The summed E-state index contributed by atoms with van der Waals surface area (Å²) in [7, 11) is 0. The van der Waals surface area contributed by atoms with Crippen LogP contribution in [0.5, 0.6) is 5.75 Å². The quantitative estimate of drug-likeness (QED) is 0.106. The van der Waals surface area contributed by atoms with Crippen LogP contribution in [0.3, 0.4) is 0 Å². The minimum absolute atomic E-state index is 0.0320. The third-order valence-electron chi connectivity index (χ3n) is 4.15. The first-order valence-corrected chi connectivity index (χ1v) is 9.30. The Morgan fingerprint density at radius 3 is 2.34 bits per heavy atom. The predicted molar refractivity (Wildman–Crippen MR) is 109 cm³/mol. The number of carboxylic acid groups (broad SMARTS) is 2. The fraction of sp³-hybridized carbons (Fsp3) is 0.250. The number of carboxylic acids is 2. The summed E-state index contributed by atoms with van der Waals surface area (Å²) in [5.74, 6) is -4.52. The molecule has 1 unspecified atom stereocenters. The van der Waals surface area contributed by atoms with Crippen LogP contribution in [0.15, 0.2) is 40.8 Å². The number of ether oxygens (including phenoxy) is 1. The summed E-state index contributed by atoms with van der Waals surface area (Å²) in [5.41, 5.74) is 8.09. The van der Waals surface area contributed by atoms with Gasteiger partial charge < -0.3 is 25.1 Å². The summed E-state index contributed by atoms with van der Waals surface area (Å²) in [6, 6.07) is 8.84. The highest BCUT2D eigenvalue weighted by Gasteiger charge is 2.25. The summed E-state index contributed by atoms with van der Waals surface area (Å²) >= 11 is 0. The van der Waals surface area contributed by atoms with Gasteiger partial charge in [-0.1, -0.05) is 6.92 Å². The Balaban J connectivity index is 2.00. The Labute approximate surface area is 182 Å². The molecule has 0 bridgehead atoms. The smallest absolute Gasteiger partial charge is 0.379 e. The molecule has 6 N–H and O–H groups in total. The Hall–Kier alpha value is -4.19. The summed E-state index contributed by atoms with van der Waals surface area (Å²) < 4.78 is 10.6. The number of amidine groups is 1. The molecule has 0 aliphatic carbocycles. The van der Waals surface area contributed by atoms with E-state index in [4.69, 9.17) is 30.5 Å². The van der Waals surface area contributed by atoms with Gasteiger partial charge in [-0.3, -0.25) is 24.8 Å². The van der Waals surface area contributed by atoms with Crippen LogP contribution in [-0.4, -0.2) is 58.0 Å². The highest BCUT2D eigenvalue weighted by Crippen LogP contribution is 2.18. The molecule has 12 heteroatoms. The molecule has 1 atom stereocenters. The molecule has 32 heavy (non-hydrogen) atoms. The lowest BCUT2D eigenvalue weighted by atomic mass is 10.1. The monoisotopic (exact) mass is 446 g/mol. The van der Waals surface area contributed by atoms with E-state index in [0.717, 1.165) is 0 Å². The first-order chi connectivity index (χ1) is 15.1. The first kappa shape index (κ1) is 24.1. The zero-order valence-corrected chi connectivity index (χ0v) is 17.0. The number of benzene rings is 1. The van der Waals surface area contributed by atoms with Crippen molar-refractivity contribution in [3.8, 4) is 5.75 Å². The summed E-state index contributed by atoms with van der Waals surface area (Å²) in [4.78, 5) is 46.4. The van der Waals surface area contributed by atoms with Crippen LogP contribution in [0.1, 0.15) is 28.8 Å². The molecular formula is C20H22N4O8. The van der Waals surface area contributed by atoms with Crippen molar-refractivity contribution in [3.63, 3.8) is 0 Å². The average molecular weight is 446 g/mol. The van der Waals surface area contributed by atoms with Gasteiger partial charge in [0.05, 0.1) is 0 Å². The highest BCUT2D eigenvalue weighted by molar-refractivity contribution is 5.95. The van der Waals surface area contributed by atoms with Gasteiger partial charge in [-0.2, -0.15) is 0 Å². The van der Waals surface area contributed by atoms with Crippen LogP contribution < -0.4 is 15.9 Å². The lowest BCUT2D eigenvalue weighted by molar-refractivity contribution is -0.150. The number of nitrogens with zero attached hydrogens (tertiary/aromatic N) is 1. The number of aliphatic carboxylic acids is 2. The SMILES string of the molecule is CC(Cc1ccc(C(=O)Oc2ccc(C(=N)N)cc2)o1)C(=O)N(CC(=O)O)NCC(=O)O. The van der Waals surface area contributed by atoms with E-state index in [9.17, 15) is 19.2 Å². The Kier molecular flexibility index (Phi) is 8.07. The van der Waals surface area contributed by atoms with Gasteiger partial charge in [0.1, 0.15) is 30.4 Å². The van der Waals surface area contributed by atoms with Crippen LogP contribution in [-0.2, 0) is 20.8 Å². The number of carbonyl (C=O) groups is 4. The maximum absolute atomic E-state index is 12.5. The van der Waals surface area contributed by atoms with Crippen molar-refractivity contribution in [3.05, 3.63) is 53.5 Å². The number of esters is 1. The standard InChI is InChI=1S/C20H22N4O8/c1-11(19(29)24(10-17(27)28)23-9-16(25)26)8-14-6-7-15(31-14)20(30)32-13-4-2-12(3-5-13)18(21)22/h2-7,11,23H,8-10H2,1H3,(H3,21,22)(H,25,26)(H,27,28). The van der Waals surface area contributed by atoms with E-state index in [0.29, 0.717) is 10.6 Å². The third kappa shape index (κ3) is 6.95. The molecule has 0 radical (unpaired) electrons. The van der Waals surface area contributed by atoms with E-state index < -0.39 is 42.8 Å². The summed E-state index contributed by atoms with van der Waals surface area (Å²) in [6.45, 7) is 0.154. The molecule has 0 aliphatic rings. The summed E-state index contributed by atoms with van der Waals surface area (Å²) in [6.07, 6.45) is 0.0320. The van der Waals surface area contributed by atoms with Gasteiger partial charge in [-0.05, 0) is 36.4 Å². The van der Waals surface area contributed by atoms with Gasteiger partial charge in [0, 0.05) is 17.9 Å². The number of hydrazine groups is 1. The molecule has 2 rings (SSSR count). The van der Waals surface area contributed by atoms with Crippen LogP contribution in [0.2, 0.25) is 0 Å². The number of nitrogens with two attached hydrogens (primary N) is 1. The number of hydrogen-bond donors (Lipinski definition) is 5. The van der Waals surface area contributed by atoms with Crippen molar-refractivity contribution in [1.29, 1.82) is 5.41 Å². The molecule has 1 heterocycles. The highest BCUT2D eigenvalue weighted by atomic mass is 16.5. The van der Waals surface area contributed by atoms with Gasteiger partial charge in [-0.25, -0.2) is 10.2 Å². The zero-order valence-electron chi connectivity index (χ0n) is 17.0. The number of carbonyl (C=O) groups excluding carboxylic acids is 2. The van der Waals surface area contributed by atoms with Gasteiger partial charge in [0.2, 0.25) is 11.7 Å². The second-order valence-corrected chi connectivity index (χ2v) is 6.75. The lowest BCUT2D eigenvalue weighted by Gasteiger charge is -2.23. The second-order valence-electron chi connectivity index (χ2n) is 6.75. The number of furan rings is 1. The van der Waals surface area contributed by atoms with Crippen molar-refractivity contribution in [2.45, 2.75) is 13.3 Å². The van der Waals surface area contributed by atoms with E-state index in [1.54, 1.807) is 0 Å². The van der Waals surface area contributed by atoms with E-state index in [1.807, 2.05) is 0 Å². The minimum Gasteiger partial charge on any atom is -0.480 e. The number of nitrogen functional groups attached to an aromatic ring is 1. The van der Waals surface area contributed by atoms with Gasteiger partial charge in [0.15, 0.2) is 0 Å². The van der Waals surface area contributed by atoms with E-state index in [-0.39, 0.29) is 29.5 Å². The largest absolute Gasteiger partial charge is 0.480 e. The van der Waals surface area contributed by atoms with Crippen LogP contribution >= 0.6 is 0 Å². The fourth-order valence-corrected chi connectivity index (χ4v) is 2.62. The van der Waals surface area contributed by atoms with Crippen molar-refractivity contribution in [2.24, 2.45) is 11.7 Å². The van der Waals surface area contributed by atoms with Crippen molar-refractivity contribution in [1.82, 2.24) is 10.4 Å². The molecule has 170 valence electrons. The topological polar surface area (TPSA) is 196 Å². The van der Waals surface area contributed by atoms with E-state index >= 15 is 0 Å². The maximum Gasteiger partial charge on any atom is 0.379 e. The molecule has 0 saturated heterocycles. The van der Waals surface area contributed by atoms with Crippen LogP contribution in [0, 0.1) is 11.3 Å². The number of amides is 1. The predicted octanol–water partition coefficient (Wildman–Crippen LogP) is 0.464. The fourth-order valence-electron chi connectivity index (χ4n) is 2.62. The number of nitrogens with one attached hydrogen (secondary N) is 2. The van der Waals surface area contributed by atoms with Crippen molar-refractivity contribution >= 4 is 29.7 Å². The third-order valence-corrected chi connectivity index (χ3v) is 4.15. The Bertz CT molecular complexity index is 1010. The average Bonchev–Trinajstić information content (AvgIpc) is 3.19. The van der Waals surface area contributed by atoms with Gasteiger partial charge in [0.25, 0.3) is 0 Å². The minimum atomic E-state index is -1.32. The van der Waals surface area contributed by atoms with E-state index in [1.165, 1.54) is 43.3 Å². The molecule has 1 aromatic carbocycles. The van der Waals surface area contributed by atoms with Crippen molar-refractivity contribution in [2.75, 3.05) is 13.1 Å². The zero-order chi connectivity index (χ0) is 23.8. The second kappa shape index (κ2) is 10.7. The molecule has 0 spiro atoms. The molecule has 0 fully saturated rings. The Morgan fingerprint density at radius 2 is 1.78 bits per heavy atom. The molecule has 12 nitrogen and oxygen atoms in total. The first-order valence-electron chi connectivity index (χ1n) is 9.30. The molecule has 0 saturated carbocycles. The lowest BCUT2D eigenvalue weighted by Crippen LogP contribution is -2.49. The maximum atomic E-state index is 12.5. The molecule has 1 aromatic heterocycles. The van der Waals surface area contributed by atoms with Crippen molar-refractivity contribution < 1.29 is 38.5 Å². The van der Waals surface area contributed by atoms with Crippen LogP contribution in [0.4, 0.5) is 0 Å². The Morgan fingerprint density at radius 1 is 1.12 bits per heavy atom. The summed E-state index contributed by atoms with van der Waals surface area (Å²) in [5, 5.41) is 25.7. The molecule has 0 aliphatic heterocycles. The molecule has 1 amide bonds. The van der Waals surface area contributed by atoms with Crippen LogP contribution in [0.25, 0.3) is 0 Å². The normalized spacial score (nSPS) is 11.4. The molecular weight excluding hydrogens is 424 g/mol. The van der Waals surface area contributed by atoms with Gasteiger partial charge in [-0.15, -0.1) is 0 Å².